The van der Waals surface area contributed by atoms with Crippen molar-refractivity contribution in [2.24, 2.45) is 5.10 Å². The van der Waals surface area contributed by atoms with Crippen LogP contribution in [0.3, 0.4) is 0 Å². The second-order valence-electron chi connectivity index (χ2n) is 7.14. The van der Waals surface area contributed by atoms with E-state index in [9.17, 15) is 18.0 Å². The quantitative estimate of drug-likeness (QED) is 0.780. The van der Waals surface area contributed by atoms with Gasteiger partial charge in [0.2, 0.25) is 0 Å². The van der Waals surface area contributed by atoms with Gasteiger partial charge in [-0.2, -0.15) is 5.10 Å². The lowest BCUT2D eigenvalue weighted by Crippen LogP contribution is -2.30. The molecule has 2 aromatic carbocycles. The maximum absolute atomic E-state index is 11.8. The van der Waals surface area contributed by atoms with Crippen molar-refractivity contribution in [2.75, 3.05) is 6.26 Å². The first kappa shape index (κ1) is 21.3. The van der Waals surface area contributed by atoms with E-state index < -0.39 is 9.84 Å². The highest BCUT2D eigenvalue weighted by molar-refractivity contribution is 8.14. The summed E-state index contributed by atoms with van der Waals surface area (Å²) in [5.74, 6) is 0.0462. The first-order valence-electron chi connectivity index (χ1n) is 9.04. The fourth-order valence-electron chi connectivity index (χ4n) is 3.29. The fraction of sp³-hybridized carbons (Fsp3) is 0.286. The Morgan fingerprint density at radius 3 is 2.38 bits per heavy atom. The van der Waals surface area contributed by atoms with Crippen molar-refractivity contribution < 1.29 is 18.0 Å². The highest BCUT2D eigenvalue weighted by atomic mass is 32.2. The van der Waals surface area contributed by atoms with Gasteiger partial charge in [-0.05, 0) is 72.9 Å². The molecule has 0 aliphatic carbocycles. The molecule has 1 atom stereocenters. The molecule has 1 amide bonds. The predicted octanol–water partition coefficient (Wildman–Crippen LogP) is 3.75. The number of hydrogen-bond donors (Lipinski definition) is 1. The van der Waals surface area contributed by atoms with Crippen molar-refractivity contribution in [3.8, 4) is 11.1 Å². The van der Waals surface area contributed by atoms with E-state index in [2.05, 4.69) is 10.5 Å². The number of hydrogen-bond acceptors (Lipinski definition) is 6. The van der Waals surface area contributed by atoms with Gasteiger partial charge in [-0.25, -0.2) is 13.8 Å². The van der Waals surface area contributed by atoms with Crippen molar-refractivity contribution >= 4 is 38.3 Å². The number of nitrogens with zero attached hydrogens (tertiary/aromatic N) is 1. The minimum absolute atomic E-state index is 0.0462. The second-order valence-corrected chi connectivity index (χ2v) is 10.5. The molecular weight excluding hydrogens is 408 g/mol. The molecule has 3 rings (SSSR count). The van der Waals surface area contributed by atoms with E-state index in [0.717, 1.165) is 45.3 Å². The van der Waals surface area contributed by atoms with Crippen LogP contribution in [0.15, 0.2) is 46.4 Å². The van der Waals surface area contributed by atoms with Crippen LogP contribution >= 0.6 is 11.8 Å². The van der Waals surface area contributed by atoms with Crippen molar-refractivity contribution in [1.29, 1.82) is 0 Å². The molecule has 1 unspecified atom stereocenters. The number of amides is 1. The summed E-state index contributed by atoms with van der Waals surface area (Å²) in [5.41, 5.74) is 7.64. The summed E-state index contributed by atoms with van der Waals surface area (Å²) in [6.07, 6.45) is 1.46. The van der Waals surface area contributed by atoms with Crippen LogP contribution in [0.4, 0.5) is 4.79 Å². The lowest BCUT2D eigenvalue weighted by molar-refractivity contribution is -0.116. The SMILES string of the molecule is CC(=O)Cc1cc(C2=NNC(=O)SC2C)cc(-c2ccc(S(C)(=O)=O)cc2)c1C. The lowest BCUT2D eigenvalue weighted by atomic mass is 9.90. The third-order valence-corrected chi connectivity index (χ3v) is 6.79. The predicted molar refractivity (Wildman–Crippen MR) is 116 cm³/mol. The second kappa shape index (κ2) is 8.12. The number of carbonyl (C=O) groups is 2. The maximum Gasteiger partial charge on any atom is 0.299 e. The van der Waals surface area contributed by atoms with E-state index in [-0.39, 0.29) is 27.6 Å². The number of ketones is 1. The third-order valence-electron chi connectivity index (χ3n) is 4.78. The lowest BCUT2D eigenvalue weighted by Gasteiger charge is -2.21. The van der Waals surface area contributed by atoms with Crippen LogP contribution in [-0.4, -0.2) is 36.7 Å². The summed E-state index contributed by atoms with van der Waals surface area (Å²) in [7, 11) is -3.28. The standard InChI is InChI=1S/C21H22N2O4S2/c1-12(24)9-16-10-17(20-14(3)28-21(25)23-22-20)11-19(13(16)2)15-5-7-18(8-6-15)29(4,26)27/h5-8,10-11,14H,9H2,1-4H3,(H,23,25). The van der Waals surface area contributed by atoms with E-state index >= 15 is 0 Å². The normalized spacial score (nSPS) is 16.9. The van der Waals surface area contributed by atoms with Gasteiger partial charge in [0.25, 0.3) is 5.24 Å². The number of benzene rings is 2. The smallest absolute Gasteiger partial charge is 0.299 e. The number of Topliss-reactive ketones (excluding diaryl/α,β-unsaturated/α-hetero) is 1. The molecule has 1 aliphatic rings. The summed E-state index contributed by atoms with van der Waals surface area (Å²) in [6, 6.07) is 10.6. The molecule has 152 valence electrons. The summed E-state index contributed by atoms with van der Waals surface area (Å²) in [4.78, 5) is 23.6. The van der Waals surface area contributed by atoms with E-state index in [1.54, 1.807) is 31.2 Å². The molecule has 1 heterocycles. The van der Waals surface area contributed by atoms with E-state index in [0.29, 0.717) is 0 Å². The van der Waals surface area contributed by atoms with Crippen LogP contribution in [-0.2, 0) is 21.1 Å². The Morgan fingerprint density at radius 2 is 1.83 bits per heavy atom. The fourth-order valence-corrected chi connectivity index (χ4v) is 4.64. The molecule has 0 aromatic heterocycles. The van der Waals surface area contributed by atoms with Gasteiger partial charge in [0.15, 0.2) is 9.84 Å². The Morgan fingerprint density at radius 1 is 1.17 bits per heavy atom. The molecule has 0 radical (unpaired) electrons. The monoisotopic (exact) mass is 430 g/mol. The first-order valence-corrected chi connectivity index (χ1v) is 11.8. The zero-order valence-electron chi connectivity index (χ0n) is 16.6. The molecule has 0 saturated heterocycles. The van der Waals surface area contributed by atoms with Gasteiger partial charge in [0, 0.05) is 12.7 Å². The van der Waals surface area contributed by atoms with Crippen molar-refractivity contribution in [1.82, 2.24) is 5.43 Å². The number of sulfone groups is 1. The van der Waals surface area contributed by atoms with E-state index in [1.165, 1.54) is 6.26 Å². The molecule has 0 spiro atoms. The molecule has 6 nitrogen and oxygen atoms in total. The molecule has 29 heavy (non-hydrogen) atoms. The Hall–Kier alpha value is -2.45. The van der Waals surface area contributed by atoms with Crippen LogP contribution in [0.25, 0.3) is 11.1 Å². The van der Waals surface area contributed by atoms with Gasteiger partial charge in [-0.3, -0.25) is 9.59 Å². The van der Waals surface area contributed by atoms with E-state index in [4.69, 9.17) is 0 Å². The van der Waals surface area contributed by atoms with Crippen LogP contribution < -0.4 is 5.43 Å². The number of hydrazone groups is 1. The summed E-state index contributed by atoms with van der Waals surface area (Å²) < 4.78 is 23.5. The van der Waals surface area contributed by atoms with Crippen LogP contribution in [0.1, 0.15) is 30.5 Å². The summed E-state index contributed by atoms with van der Waals surface area (Å²) in [6.45, 7) is 5.40. The molecule has 0 fully saturated rings. The first-order chi connectivity index (χ1) is 13.6. The van der Waals surface area contributed by atoms with Gasteiger partial charge in [-0.1, -0.05) is 23.9 Å². The van der Waals surface area contributed by atoms with Crippen molar-refractivity contribution in [3.63, 3.8) is 0 Å². The third kappa shape index (κ3) is 4.76. The van der Waals surface area contributed by atoms with Crippen molar-refractivity contribution in [3.05, 3.63) is 53.1 Å². The maximum atomic E-state index is 11.8. The zero-order valence-corrected chi connectivity index (χ0v) is 18.3. The largest absolute Gasteiger partial charge is 0.300 e. The molecular formula is C21H22N2O4S2. The minimum Gasteiger partial charge on any atom is -0.300 e. The Balaban J connectivity index is 2.15. The van der Waals surface area contributed by atoms with Crippen LogP contribution in [0.2, 0.25) is 0 Å². The van der Waals surface area contributed by atoms with Gasteiger partial charge in [0.05, 0.1) is 15.9 Å². The summed E-state index contributed by atoms with van der Waals surface area (Å²) >= 11 is 1.16. The zero-order chi connectivity index (χ0) is 21.3. The Kier molecular flexibility index (Phi) is 5.95. The van der Waals surface area contributed by atoms with Crippen LogP contribution in [0.5, 0.6) is 0 Å². The van der Waals surface area contributed by atoms with Crippen LogP contribution in [0, 0.1) is 6.92 Å². The van der Waals surface area contributed by atoms with Gasteiger partial charge >= 0.3 is 0 Å². The molecule has 2 aromatic rings. The molecule has 8 heteroatoms. The highest BCUT2D eigenvalue weighted by Gasteiger charge is 2.24. The average molecular weight is 431 g/mol. The van der Waals surface area contributed by atoms with Gasteiger partial charge < -0.3 is 0 Å². The van der Waals surface area contributed by atoms with E-state index in [1.807, 2.05) is 26.0 Å². The Bertz CT molecular complexity index is 1120. The van der Waals surface area contributed by atoms with Crippen molar-refractivity contribution in [2.45, 2.75) is 37.3 Å². The topological polar surface area (TPSA) is 92.7 Å². The molecule has 1 aliphatic heterocycles. The van der Waals surface area contributed by atoms with Gasteiger partial charge in [0.1, 0.15) is 5.78 Å². The molecule has 0 saturated carbocycles. The van der Waals surface area contributed by atoms with Gasteiger partial charge in [-0.15, -0.1) is 0 Å². The minimum atomic E-state index is -3.28. The number of carbonyl (C=O) groups excluding carboxylic acids is 2. The number of rotatable bonds is 5. The Labute approximate surface area is 174 Å². The highest BCUT2D eigenvalue weighted by Crippen LogP contribution is 2.31. The molecule has 1 N–H and O–H groups in total. The number of thioether (sulfide) groups is 1. The summed E-state index contributed by atoms with van der Waals surface area (Å²) in [5, 5.41) is 3.90. The average Bonchev–Trinajstić information content (AvgIpc) is 2.62. The number of nitrogens with one attached hydrogen (secondary N) is 1. The molecule has 0 bridgehead atoms.